The van der Waals surface area contributed by atoms with Gasteiger partial charge in [0.1, 0.15) is 17.6 Å². The SMILES string of the molecule is COc1cc(N2CCC[C@H](N3CCOC[C@H]3C#Cc3cccc4c3CN(C3CCC(=O)NC3=O)C4=O)C2)ccc1NC(=O)[C@@H]1N[C@@H](CC(C)(C)C)[C@@]2(CNc3cc(Cl)ccc32)[C@H]1c1cccc(Cl)c1F. The fourth-order valence-electron chi connectivity index (χ4n) is 12.0. The molecule has 70 heavy (non-hydrogen) atoms. The molecule has 4 fully saturated rings. The second-order valence-electron chi connectivity index (χ2n) is 20.6. The molecule has 366 valence electrons. The minimum Gasteiger partial charge on any atom is -0.494 e. The summed E-state index contributed by atoms with van der Waals surface area (Å²) >= 11 is 13.0. The van der Waals surface area contributed by atoms with Gasteiger partial charge in [0.15, 0.2) is 0 Å². The number of amides is 4. The van der Waals surface area contributed by atoms with Crippen molar-refractivity contribution < 1.29 is 33.0 Å². The highest BCUT2D eigenvalue weighted by Crippen LogP contribution is 2.57. The maximum atomic E-state index is 16.4. The Morgan fingerprint density at radius 3 is 2.66 bits per heavy atom. The number of halogens is 3. The number of hydrogen-bond acceptors (Lipinski definition) is 10. The van der Waals surface area contributed by atoms with Crippen molar-refractivity contribution in [2.75, 3.05) is 62.0 Å². The predicted octanol–water partition coefficient (Wildman–Crippen LogP) is 7.49. The number of benzene rings is 4. The molecule has 1 unspecified atom stereocenters. The van der Waals surface area contributed by atoms with Crippen LogP contribution in [0, 0.1) is 23.1 Å². The Kier molecular flexibility index (Phi) is 13.1. The maximum Gasteiger partial charge on any atom is 0.255 e. The fourth-order valence-corrected chi connectivity index (χ4v) is 12.3. The first-order valence-electron chi connectivity index (χ1n) is 24.2. The Morgan fingerprint density at radius 2 is 1.86 bits per heavy atom. The zero-order valence-corrected chi connectivity index (χ0v) is 41.3. The van der Waals surface area contributed by atoms with Gasteiger partial charge < -0.3 is 35.2 Å². The van der Waals surface area contributed by atoms with Gasteiger partial charge in [0.2, 0.25) is 17.7 Å². The number of nitrogens with one attached hydrogen (secondary N) is 4. The second kappa shape index (κ2) is 19.1. The average Bonchev–Trinajstić information content (AvgIpc) is 3.99. The van der Waals surface area contributed by atoms with E-state index in [1.165, 1.54) is 6.07 Å². The number of ether oxygens (including phenoxy) is 2. The van der Waals surface area contributed by atoms with Crippen LogP contribution in [0.25, 0.3) is 0 Å². The van der Waals surface area contributed by atoms with Gasteiger partial charge in [0.05, 0.1) is 43.1 Å². The predicted molar refractivity (Wildman–Crippen MR) is 268 cm³/mol. The second-order valence-corrected chi connectivity index (χ2v) is 21.5. The van der Waals surface area contributed by atoms with Crippen molar-refractivity contribution in [2.24, 2.45) is 5.41 Å². The summed E-state index contributed by atoms with van der Waals surface area (Å²) in [7, 11) is 1.59. The molecule has 6 aliphatic rings. The first kappa shape index (κ1) is 48.0. The lowest BCUT2D eigenvalue weighted by atomic mass is 9.63. The van der Waals surface area contributed by atoms with Gasteiger partial charge in [-0.1, -0.05) is 80.1 Å². The number of fused-ring (bicyclic) bond motifs is 3. The third-order valence-electron chi connectivity index (χ3n) is 15.2. The highest BCUT2D eigenvalue weighted by molar-refractivity contribution is 6.31. The Hall–Kier alpha value is -5.69. The first-order valence-corrected chi connectivity index (χ1v) is 25.0. The number of piperidine rings is 2. The van der Waals surface area contributed by atoms with E-state index in [-0.39, 0.29) is 59.3 Å². The highest BCUT2D eigenvalue weighted by Gasteiger charge is 2.61. The number of imide groups is 1. The van der Waals surface area contributed by atoms with Gasteiger partial charge in [-0.25, -0.2) is 4.39 Å². The summed E-state index contributed by atoms with van der Waals surface area (Å²) in [5.41, 5.74) is 4.86. The van der Waals surface area contributed by atoms with Crippen LogP contribution in [-0.4, -0.2) is 110 Å². The van der Waals surface area contributed by atoms with E-state index in [0.717, 1.165) is 54.0 Å². The van der Waals surface area contributed by atoms with Crippen molar-refractivity contribution in [3.8, 4) is 17.6 Å². The van der Waals surface area contributed by atoms with Crippen LogP contribution in [0.3, 0.4) is 0 Å². The monoisotopic (exact) mass is 989 g/mol. The number of carbonyl (C=O) groups is 4. The van der Waals surface area contributed by atoms with Crippen LogP contribution in [0.5, 0.6) is 5.75 Å². The van der Waals surface area contributed by atoms with Gasteiger partial charge in [-0.2, -0.15) is 0 Å². The molecular weight excluding hydrogens is 933 g/mol. The van der Waals surface area contributed by atoms with Gasteiger partial charge in [-0.15, -0.1) is 0 Å². The number of methoxy groups -OCH3 is 1. The summed E-state index contributed by atoms with van der Waals surface area (Å²) in [4.78, 5) is 59.3. The smallest absolute Gasteiger partial charge is 0.255 e. The van der Waals surface area contributed by atoms with Crippen molar-refractivity contribution in [1.29, 1.82) is 0 Å². The molecule has 0 aromatic heterocycles. The lowest BCUT2D eigenvalue weighted by molar-refractivity contribution is -0.137. The van der Waals surface area contributed by atoms with Crippen molar-refractivity contribution in [3.05, 3.63) is 116 Å². The Labute approximate surface area is 418 Å². The molecular formula is C54H58Cl2FN7O6. The minimum atomic E-state index is -0.849. The molecule has 13 nitrogen and oxygen atoms in total. The van der Waals surface area contributed by atoms with E-state index in [9.17, 15) is 19.2 Å². The lowest BCUT2D eigenvalue weighted by Crippen LogP contribution is -2.55. The van der Waals surface area contributed by atoms with Gasteiger partial charge in [-0.3, -0.25) is 29.4 Å². The third kappa shape index (κ3) is 8.89. The van der Waals surface area contributed by atoms with E-state index in [2.05, 4.69) is 63.7 Å². The molecule has 1 spiro atoms. The lowest BCUT2D eigenvalue weighted by Gasteiger charge is -2.44. The number of rotatable bonds is 8. The topological polar surface area (TPSA) is 145 Å². The zero-order chi connectivity index (χ0) is 49.1. The molecule has 4 N–H and O–H groups in total. The van der Waals surface area contributed by atoms with Crippen molar-refractivity contribution >= 4 is 63.9 Å². The van der Waals surface area contributed by atoms with E-state index < -0.39 is 35.1 Å². The average molecular weight is 991 g/mol. The number of morpholine rings is 1. The van der Waals surface area contributed by atoms with Crippen LogP contribution in [0.15, 0.2) is 72.8 Å². The molecule has 6 aliphatic heterocycles. The fraction of sp³-hybridized carbons (Fsp3) is 0.444. The zero-order valence-electron chi connectivity index (χ0n) is 39.8. The van der Waals surface area contributed by atoms with Crippen molar-refractivity contribution in [1.82, 2.24) is 20.4 Å². The number of hydrogen-bond donors (Lipinski definition) is 4. The van der Waals surface area contributed by atoms with E-state index in [0.29, 0.717) is 66.7 Å². The van der Waals surface area contributed by atoms with E-state index in [1.807, 2.05) is 48.5 Å². The molecule has 4 aromatic carbocycles. The molecule has 0 saturated carbocycles. The third-order valence-corrected chi connectivity index (χ3v) is 15.7. The highest BCUT2D eigenvalue weighted by atomic mass is 35.5. The Bertz CT molecular complexity index is 2830. The summed E-state index contributed by atoms with van der Waals surface area (Å²) in [6, 6.07) is 20.3. The van der Waals surface area contributed by atoms with Gasteiger partial charge >= 0.3 is 0 Å². The first-order chi connectivity index (χ1) is 33.6. The molecule has 10 rings (SSSR count). The number of nitrogens with zero attached hydrogens (tertiary/aromatic N) is 3. The van der Waals surface area contributed by atoms with Crippen LogP contribution in [0.2, 0.25) is 10.0 Å². The van der Waals surface area contributed by atoms with E-state index in [1.54, 1.807) is 30.2 Å². The molecule has 0 bridgehead atoms. The van der Waals surface area contributed by atoms with Crippen LogP contribution in [-0.2, 0) is 31.1 Å². The maximum absolute atomic E-state index is 16.4. The molecule has 4 aromatic rings. The van der Waals surface area contributed by atoms with Crippen LogP contribution in [0.4, 0.5) is 21.5 Å². The van der Waals surface area contributed by atoms with E-state index in [4.69, 9.17) is 32.7 Å². The number of anilines is 3. The minimum absolute atomic E-state index is 0.00181. The summed E-state index contributed by atoms with van der Waals surface area (Å²) < 4.78 is 28.4. The number of carbonyl (C=O) groups excluding carboxylic acids is 4. The van der Waals surface area contributed by atoms with Gasteiger partial charge in [0, 0.05) is 96.2 Å². The molecule has 0 aliphatic carbocycles. The van der Waals surface area contributed by atoms with Gasteiger partial charge in [-0.05, 0) is 90.3 Å². The standard InChI is InChI=1S/C54H58Cl2FN7O6/c1-53(2,3)26-45-54(30-58-42-24-32(55)14-17-39(42)54)47(37-11-6-12-40(56)48(37)57)49(60-45)51(67)59-41-18-16-33(25-44(41)69-4)62-21-7-9-34(27-62)63-22-23-70-29-35(63)15-13-31-8-5-10-36-38(31)28-64(52(36)68)43-19-20-46(65)61-50(43)66/h5-6,8,10-12,14,16-18,24-25,34-35,43,45,47,49,58,60H,7,9,19-23,26-30H2,1-4H3,(H,59,67)(H,61,65,66)/t34-,35+,43?,45-,47-,49+,54-/m0/s1. The normalized spacial score (nSPS) is 26.6. The Morgan fingerprint density at radius 1 is 1.03 bits per heavy atom. The van der Waals surface area contributed by atoms with Crippen molar-refractivity contribution in [3.63, 3.8) is 0 Å². The molecule has 4 amide bonds. The molecule has 7 atom stereocenters. The molecule has 4 saturated heterocycles. The van der Waals surface area contributed by atoms with Crippen LogP contribution in [0.1, 0.15) is 91.4 Å². The Balaban J connectivity index is 0.877. The summed E-state index contributed by atoms with van der Waals surface area (Å²) in [6.07, 6.45) is 3.11. The van der Waals surface area contributed by atoms with Crippen LogP contribution >= 0.6 is 23.2 Å². The molecule has 0 radical (unpaired) electrons. The summed E-state index contributed by atoms with van der Waals surface area (Å²) in [5, 5.41) is 13.5. The van der Waals surface area contributed by atoms with Crippen LogP contribution < -0.4 is 30.9 Å². The summed E-state index contributed by atoms with van der Waals surface area (Å²) in [5.74, 6) is 4.88. The summed E-state index contributed by atoms with van der Waals surface area (Å²) in [6.45, 7) is 10.5. The quantitative estimate of drug-likeness (QED) is 0.104. The van der Waals surface area contributed by atoms with Gasteiger partial charge in [0.25, 0.3) is 5.91 Å². The molecule has 6 heterocycles. The van der Waals surface area contributed by atoms with E-state index >= 15 is 4.39 Å². The van der Waals surface area contributed by atoms with Crippen molar-refractivity contribution in [2.45, 2.75) is 101 Å². The largest absolute Gasteiger partial charge is 0.494 e. The molecule has 16 heteroatoms.